The van der Waals surface area contributed by atoms with Crippen molar-refractivity contribution < 1.29 is 36.6 Å². The first-order valence-corrected chi connectivity index (χ1v) is 18.7. The molecule has 54 heavy (non-hydrogen) atoms. The highest BCUT2D eigenvalue weighted by Gasteiger charge is 2.43. The number of morpholine rings is 1. The molecule has 3 fully saturated rings. The van der Waals surface area contributed by atoms with Gasteiger partial charge in [-0.05, 0) is 79.0 Å². The number of alkyl halides is 3. The SMILES string of the molecule is CC[C@H]1CN(C(=O)/C=C/CNC2(COc3ccc(/C(=C(/CC(F)(F)F)c4ccccc4)c4ccc5c(c4)c(F)nn5C4CCCCO4)cn3)CC2)CCO1. The Bertz CT molecular complexity index is 1970. The molecule has 2 aromatic heterocycles. The minimum Gasteiger partial charge on any atom is -0.476 e. The Balaban J connectivity index is 1.11. The monoisotopic (exact) mass is 747 g/mol. The normalized spacial score (nSPS) is 20.6. The van der Waals surface area contributed by atoms with E-state index < -0.39 is 24.8 Å². The van der Waals surface area contributed by atoms with Gasteiger partial charge >= 0.3 is 6.18 Å². The number of allylic oxidation sites excluding steroid dienone is 1. The zero-order chi connectivity index (χ0) is 37.7. The second-order valence-corrected chi connectivity index (χ2v) is 14.2. The fraction of sp³-hybridized carbons (Fsp3) is 0.439. The summed E-state index contributed by atoms with van der Waals surface area (Å²) in [5.74, 6) is -0.425. The van der Waals surface area contributed by atoms with Crippen LogP contribution >= 0.6 is 0 Å². The van der Waals surface area contributed by atoms with E-state index in [-0.39, 0.29) is 34.1 Å². The maximum absolute atomic E-state index is 15.4. The molecule has 1 amide bonds. The molecular formula is C41H45F4N5O4. The third kappa shape index (κ3) is 9.02. The molecule has 1 aliphatic carbocycles. The third-order valence-electron chi connectivity index (χ3n) is 10.3. The number of ether oxygens (including phenoxy) is 3. The molecule has 2 aliphatic heterocycles. The summed E-state index contributed by atoms with van der Waals surface area (Å²) < 4.78 is 77.3. The van der Waals surface area contributed by atoms with E-state index in [0.29, 0.717) is 74.0 Å². The molecule has 0 bridgehead atoms. The van der Waals surface area contributed by atoms with Gasteiger partial charge in [-0.1, -0.05) is 49.4 Å². The maximum atomic E-state index is 15.4. The molecule has 2 aromatic carbocycles. The van der Waals surface area contributed by atoms with Crippen LogP contribution < -0.4 is 10.1 Å². The summed E-state index contributed by atoms with van der Waals surface area (Å²) in [6.45, 7) is 5.15. The van der Waals surface area contributed by atoms with Gasteiger partial charge in [-0.2, -0.15) is 17.6 Å². The van der Waals surface area contributed by atoms with Crippen molar-refractivity contribution in [2.75, 3.05) is 39.5 Å². The minimum atomic E-state index is -4.53. The zero-order valence-corrected chi connectivity index (χ0v) is 30.3. The molecule has 13 heteroatoms. The second-order valence-electron chi connectivity index (χ2n) is 14.2. The van der Waals surface area contributed by atoms with Crippen LogP contribution in [-0.4, -0.2) is 82.8 Å². The van der Waals surface area contributed by atoms with Crippen LogP contribution in [0.3, 0.4) is 0 Å². The van der Waals surface area contributed by atoms with Crippen LogP contribution in [-0.2, 0) is 14.3 Å². The summed E-state index contributed by atoms with van der Waals surface area (Å²) in [5, 5.41) is 7.80. The summed E-state index contributed by atoms with van der Waals surface area (Å²) in [6, 6.07) is 16.7. The number of benzene rings is 2. The van der Waals surface area contributed by atoms with Gasteiger partial charge in [-0.15, -0.1) is 5.10 Å². The average Bonchev–Trinajstić information content (AvgIpc) is 3.90. The van der Waals surface area contributed by atoms with Crippen LogP contribution in [0.1, 0.15) is 74.8 Å². The van der Waals surface area contributed by atoms with Gasteiger partial charge in [-0.3, -0.25) is 4.79 Å². The van der Waals surface area contributed by atoms with E-state index in [1.165, 1.54) is 10.9 Å². The van der Waals surface area contributed by atoms with Gasteiger partial charge in [0, 0.05) is 50.1 Å². The average molecular weight is 748 g/mol. The van der Waals surface area contributed by atoms with Gasteiger partial charge in [0.25, 0.3) is 0 Å². The number of pyridine rings is 1. The van der Waals surface area contributed by atoms with Crippen LogP contribution in [0.2, 0.25) is 0 Å². The lowest BCUT2D eigenvalue weighted by molar-refractivity contribution is -0.133. The quantitative estimate of drug-likeness (QED) is 0.0846. The number of halogens is 4. The van der Waals surface area contributed by atoms with Crippen LogP contribution in [0, 0.1) is 5.95 Å². The van der Waals surface area contributed by atoms with Gasteiger partial charge in [0.15, 0.2) is 6.23 Å². The first kappa shape index (κ1) is 37.7. The van der Waals surface area contributed by atoms with E-state index in [1.807, 2.05) is 17.9 Å². The zero-order valence-electron chi connectivity index (χ0n) is 30.3. The highest BCUT2D eigenvalue weighted by atomic mass is 19.4. The van der Waals surface area contributed by atoms with E-state index in [0.717, 1.165) is 32.1 Å². The number of aromatic nitrogens is 3. The molecule has 1 saturated carbocycles. The van der Waals surface area contributed by atoms with Crippen molar-refractivity contribution in [3.8, 4) is 5.88 Å². The third-order valence-corrected chi connectivity index (χ3v) is 10.3. The molecule has 0 radical (unpaired) electrons. The molecule has 1 unspecified atom stereocenters. The number of nitrogens with zero attached hydrogens (tertiary/aromatic N) is 4. The Morgan fingerprint density at radius 2 is 1.85 bits per heavy atom. The summed E-state index contributed by atoms with van der Waals surface area (Å²) in [4.78, 5) is 19.0. The number of rotatable bonds is 13. The first-order chi connectivity index (χ1) is 26.1. The number of fused-ring (bicyclic) bond motifs is 1. The van der Waals surface area contributed by atoms with Crippen LogP contribution in [0.4, 0.5) is 17.6 Å². The molecule has 286 valence electrons. The smallest absolute Gasteiger partial charge is 0.393 e. The van der Waals surface area contributed by atoms with Gasteiger partial charge in [0.05, 0.1) is 35.6 Å². The van der Waals surface area contributed by atoms with Crippen molar-refractivity contribution in [3.05, 3.63) is 102 Å². The highest BCUT2D eigenvalue weighted by Crippen LogP contribution is 2.41. The van der Waals surface area contributed by atoms with Crippen LogP contribution in [0.5, 0.6) is 5.88 Å². The standard InChI is InChI=1S/C41H45F4N5O4/c1-2-31-26-49(20-22-52-31)36(51)11-8-19-47-40(17-18-40)27-54-35-16-14-30(25-46-35)38(33(24-41(43,44)45)28-9-4-3-5-10-28)29-13-15-34-32(23-29)39(42)48-50(34)37-12-6-7-21-53-37/h3-5,8-11,13-16,23,25,31,37,47H,2,6-7,12,17-22,24,26-27H2,1H3/b11-8+,38-33-/t31-,37?/m0/s1. The Kier molecular flexibility index (Phi) is 11.5. The van der Waals surface area contributed by atoms with Crippen molar-refractivity contribution in [2.45, 2.75) is 75.9 Å². The number of amides is 1. The maximum Gasteiger partial charge on any atom is 0.393 e. The van der Waals surface area contributed by atoms with Crippen molar-refractivity contribution in [2.24, 2.45) is 0 Å². The summed E-state index contributed by atoms with van der Waals surface area (Å²) in [7, 11) is 0. The number of carbonyl (C=O) groups excluding carboxylic acids is 1. The van der Waals surface area contributed by atoms with Crippen molar-refractivity contribution >= 4 is 28.0 Å². The molecule has 0 spiro atoms. The van der Waals surface area contributed by atoms with Crippen molar-refractivity contribution in [1.29, 1.82) is 0 Å². The fourth-order valence-electron chi connectivity index (χ4n) is 7.14. The molecule has 4 aromatic rings. The van der Waals surface area contributed by atoms with E-state index in [1.54, 1.807) is 66.7 Å². The van der Waals surface area contributed by atoms with E-state index in [2.05, 4.69) is 15.4 Å². The predicted octanol–water partition coefficient (Wildman–Crippen LogP) is 7.88. The van der Waals surface area contributed by atoms with Crippen molar-refractivity contribution in [1.82, 2.24) is 25.0 Å². The summed E-state index contributed by atoms with van der Waals surface area (Å²) in [6.07, 6.45) is 4.03. The second kappa shape index (κ2) is 16.4. The topological polar surface area (TPSA) is 90.7 Å². The Hall–Kier alpha value is -4.59. The molecule has 3 aliphatic rings. The molecule has 7 rings (SSSR count). The predicted molar refractivity (Wildman–Crippen MR) is 197 cm³/mol. The Morgan fingerprint density at radius 3 is 2.56 bits per heavy atom. The largest absolute Gasteiger partial charge is 0.476 e. The number of hydrogen-bond donors (Lipinski definition) is 1. The lowest BCUT2D eigenvalue weighted by Gasteiger charge is -2.31. The molecule has 9 nitrogen and oxygen atoms in total. The molecule has 4 heterocycles. The Labute approximate surface area is 312 Å². The molecule has 2 atom stereocenters. The fourth-order valence-corrected chi connectivity index (χ4v) is 7.14. The Morgan fingerprint density at radius 1 is 1.04 bits per heavy atom. The van der Waals surface area contributed by atoms with Gasteiger partial charge in [0.2, 0.25) is 17.7 Å². The van der Waals surface area contributed by atoms with Crippen LogP contribution in [0.25, 0.3) is 22.0 Å². The lowest BCUT2D eigenvalue weighted by atomic mass is 9.88. The van der Waals surface area contributed by atoms with Gasteiger partial charge in [0.1, 0.15) is 6.61 Å². The summed E-state index contributed by atoms with van der Waals surface area (Å²) >= 11 is 0. The minimum absolute atomic E-state index is 0.0304. The number of hydrogen-bond acceptors (Lipinski definition) is 7. The van der Waals surface area contributed by atoms with Gasteiger partial charge < -0.3 is 24.4 Å². The highest BCUT2D eigenvalue weighted by molar-refractivity contribution is 6.00. The van der Waals surface area contributed by atoms with Crippen molar-refractivity contribution in [3.63, 3.8) is 0 Å². The summed E-state index contributed by atoms with van der Waals surface area (Å²) in [5.41, 5.74) is 1.78. The van der Waals surface area contributed by atoms with E-state index >= 15 is 4.39 Å². The van der Waals surface area contributed by atoms with E-state index in [9.17, 15) is 18.0 Å². The first-order valence-electron chi connectivity index (χ1n) is 18.7. The van der Waals surface area contributed by atoms with Crippen LogP contribution in [0.15, 0.2) is 79.0 Å². The van der Waals surface area contributed by atoms with E-state index in [4.69, 9.17) is 14.2 Å². The van der Waals surface area contributed by atoms with Gasteiger partial charge in [-0.25, -0.2) is 9.67 Å². The lowest BCUT2D eigenvalue weighted by Crippen LogP contribution is -2.44. The molecule has 2 saturated heterocycles. The number of carbonyl (C=O) groups is 1. The molecular weight excluding hydrogens is 702 g/mol. The molecule has 1 N–H and O–H groups in total. The number of nitrogens with one attached hydrogen (secondary N) is 1.